The second-order valence-corrected chi connectivity index (χ2v) is 5.97. The first-order chi connectivity index (χ1) is 8.93. The van der Waals surface area contributed by atoms with Gasteiger partial charge in [-0.05, 0) is 23.0 Å². The molecule has 1 aromatic carbocycles. The minimum Gasteiger partial charge on any atom is -0.337 e. The maximum Gasteiger partial charge on any atom is 0.237 e. The van der Waals surface area contributed by atoms with Gasteiger partial charge in [0.15, 0.2) is 0 Å². The lowest BCUT2D eigenvalue weighted by molar-refractivity contribution is -0.129. The summed E-state index contributed by atoms with van der Waals surface area (Å²) in [6, 6.07) is 8.48. The van der Waals surface area contributed by atoms with Gasteiger partial charge in [-0.25, -0.2) is 0 Å². The Bertz CT molecular complexity index is 398. The molecule has 0 atom stereocenters. The minimum absolute atomic E-state index is 0.00306. The Morgan fingerprint density at radius 3 is 2.16 bits per heavy atom. The first-order valence-electron chi connectivity index (χ1n) is 6.86. The van der Waals surface area contributed by atoms with Gasteiger partial charge < -0.3 is 4.90 Å². The average Bonchev–Trinajstić information content (AvgIpc) is 2.37. The Balaban J connectivity index is 2.75. The van der Waals surface area contributed by atoms with Crippen molar-refractivity contribution in [3.05, 3.63) is 35.4 Å². The number of hydrogen-bond acceptors (Lipinski definition) is 1. The number of nitrogens with zero attached hydrogens (tertiary/aromatic N) is 1. The summed E-state index contributed by atoms with van der Waals surface area (Å²) in [4.78, 5) is 13.7. The zero-order valence-corrected chi connectivity index (χ0v) is 13.1. The summed E-state index contributed by atoms with van der Waals surface area (Å²) in [5.74, 6) is 1.03. The molecule has 0 heterocycles. The molecule has 0 saturated carbocycles. The van der Waals surface area contributed by atoms with Gasteiger partial charge in [0.2, 0.25) is 5.91 Å². The Kier molecular flexibility index (Phi) is 6.36. The quantitative estimate of drug-likeness (QED) is 0.721. The minimum atomic E-state index is 0.00306. The van der Waals surface area contributed by atoms with Crippen LogP contribution in [0.5, 0.6) is 0 Å². The summed E-state index contributed by atoms with van der Waals surface area (Å²) in [7, 11) is 0. The SMILES string of the molecule is CC(C)CN(Cc1ccc(C(C)C)cc1)C(=O)CCl. The fourth-order valence-corrected chi connectivity index (χ4v) is 2.18. The fourth-order valence-electron chi connectivity index (χ4n) is 2.01. The van der Waals surface area contributed by atoms with Crippen molar-refractivity contribution >= 4 is 17.5 Å². The zero-order valence-electron chi connectivity index (χ0n) is 12.3. The average molecular weight is 282 g/mol. The molecule has 19 heavy (non-hydrogen) atoms. The van der Waals surface area contributed by atoms with Crippen LogP contribution in [0.15, 0.2) is 24.3 Å². The highest BCUT2D eigenvalue weighted by Crippen LogP contribution is 2.16. The van der Waals surface area contributed by atoms with E-state index in [4.69, 9.17) is 11.6 Å². The number of halogens is 1. The van der Waals surface area contributed by atoms with Gasteiger partial charge in [-0.15, -0.1) is 11.6 Å². The van der Waals surface area contributed by atoms with E-state index in [1.165, 1.54) is 5.56 Å². The van der Waals surface area contributed by atoms with Crippen LogP contribution in [0, 0.1) is 5.92 Å². The molecule has 106 valence electrons. The molecule has 0 aliphatic heterocycles. The number of amides is 1. The smallest absolute Gasteiger partial charge is 0.237 e. The van der Waals surface area contributed by atoms with Gasteiger partial charge in [0.1, 0.15) is 5.88 Å². The summed E-state index contributed by atoms with van der Waals surface area (Å²) in [6.45, 7) is 9.96. The van der Waals surface area contributed by atoms with Crippen molar-refractivity contribution in [2.24, 2.45) is 5.92 Å². The van der Waals surface area contributed by atoms with E-state index in [2.05, 4.69) is 52.0 Å². The molecule has 0 fully saturated rings. The monoisotopic (exact) mass is 281 g/mol. The predicted molar refractivity (Wildman–Crippen MR) is 81.5 cm³/mol. The van der Waals surface area contributed by atoms with Crippen LogP contribution < -0.4 is 0 Å². The third-order valence-corrected chi connectivity index (χ3v) is 3.30. The third-order valence-electron chi connectivity index (χ3n) is 3.07. The maximum atomic E-state index is 11.8. The van der Waals surface area contributed by atoms with Gasteiger partial charge in [0.05, 0.1) is 0 Å². The van der Waals surface area contributed by atoms with Gasteiger partial charge in [-0.3, -0.25) is 4.79 Å². The molecule has 0 spiro atoms. The molecule has 0 aliphatic rings. The number of benzene rings is 1. The van der Waals surface area contributed by atoms with Gasteiger partial charge in [-0.1, -0.05) is 52.0 Å². The summed E-state index contributed by atoms with van der Waals surface area (Å²) in [6.07, 6.45) is 0. The highest BCUT2D eigenvalue weighted by atomic mass is 35.5. The second-order valence-electron chi connectivity index (χ2n) is 5.70. The van der Waals surface area contributed by atoms with Crippen LogP contribution in [0.25, 0.3) is 0 Å². The largest absolute Gasteiger partial charge is 0.337 e. The van der Waals surface area contributed by atoms with Crippen LogP contribution in [0.2, 0.25) is 0 Å². The lowest BCUT2D eigenvalue weighted by Gasteiger charge is -2.24. The van der Waals surface area contributed by atoms with E-state index in [1.807, 2.05) is 4.90 Å². The van der Waals surface area contributed by atoms with Crippen LogP contribution in [-0.4, -0.2) is 23.2 Å². The number of hydrogen-bond donors (Lipinski definition) is 0. The molecule has 1 aromatic rings. The normalized spacial score (nSPS) is 11.1. The van der Waals surface area contributed by atoms with E-state index >= 15 is 0 Å². The van der Waals surface area contributed by atoms with Gasteiger partial charge >= 0.3 is 0 Å². The number of rotatable bonds is 6. The van der Waals surface area contributed by atoms with Crippen molar-refractivity contribution < 1.29 is 4.79 Å². The molecule has 3 heteroatoms. The molecule has 0 radical (unpaired) electrons. The molecule has 1 rings (SSSR count). The summed E-state index contributed by atoms with van der Waals surface area (Å²) in [5, 5.41) is 0. The highest BCUT2D eigenvalue weighted by molar-refractivity contribution is 6.27. The molecule has 0 aliphatic carbocycles. The maximum absolute atomic E-state index is 11.8. The lowest BCUT2D eigenvalue weighted by Crippen LogP contribution is -2.34. The molecular formula is C16H24ClNO. The Hall–Kier alpha value is -1.02. The summed E-state index contributed by atoms with van der Waals surface area (Å²) in [5.41, 5.74) is 2.48. The zero-order chi connectivity index (χ0) is 14.4. The first kappa shape index (κ1) is 16.0. The van der Waals surface area contributed by atoms with Crippen LogP contribution in [0.1, 0.15) is 44.7 Å². The van der Waals surface area contributed by atoms with Crippen molar-refractivity contribution in [3.63, 3.8) is 0 Å². The van der Waals surface area contributed by atoms with Gasteiger partial charge in [0, 0.05) is 13.1 Å². The molecule has 0 saturated heterocycles. The molecule has 1 amide bonds. The van der Waals surface area contributed by atoms with E-state index in [0.717, 1.165) is 12.1 Å². The van der Waals surface area contributed by atoms with Crippen molar-refractivity contribution in [2.75, 3.05) is 12.4 Å². The summed E-state index contributed by atoms with van der Waals surface area (Å²) >= 11 is 5.67. The van der Waals surface area contributed by atoms with Gasteiger partial charge in [-0.2, -0.15) is 0 Å². The number of carbonyl (C=O) groups excluding carboxylic acids is 1. The molecular weight excluding hydrogens is 258 g/mol. The van der Waals surface area contributed by atoms with Crippen molar-refractivity contribution in [1.82, 2.24) is 4.90 Å². The van der Waals surface area contributed by atoms with E-state index in [0.29, 0.717) is 18.4 Å². The standard InChI is InChI=1S/C16H24ClNO/c1-12(2)10-18(16(19)9-17)11-14-5-7-15(8-6-14)13(3)4/h5-8,12-13H,9-11H2,1-4H3. The second kappa shape index (κ2) is 7.54. The van der Waals surface area contributed by atoms with E-state index in [9.17, 15) is 4.79 Å². The summed E-state index contributed by atoms with van der Waals surface area (Å²) < 4.78 is 0. The number of carbonyl (C=O) groups is 1. The third kappa shape index (κ3) is 5.23. The van der Waals surface area contributed by atoms with Crippen LogP contribution in [-0.2, 0) is 11.3 Å². The Labute approximate surface area is 121 Å². The van der Waals surface area contributed by atoms with Crippen molar-refractivity contribution in [3.8, 4) is 0 Å². The highest BCUT2D eigenvalue weighted by Gasteiger charge is 2.14. The first-order valence-corrected chi connectivity index (χ1v) is 7.40. The van der Waals surface area contributed by atoms with Crippen LogP contribution in [0.3, 0.4) is 0 Å². The molecule has 2 nitrogen and oxygen atoms in total. The van der Waals surface area contributed by atoms with Crippen molar-refractivity contribution in [2.45, 2.75) is 40.2 Å². The van der Waals surface area contributed by atoms with Crippen LogP contribution >= 0.6 is 11.6 Å². The predicted octanol–water partition coefficient (Wildman–Crippen LogP) is 4.03. The van der Waals surface area contributed by atoms with E-state index in [-0.39, 0.29) is 11.8 Å². The molecule has 0 N–H and O–H groups in total. The number of alkyl halides is 1. The molecule has 0 bridgehead atoms. The Morgan fingerprint density at radius 1 is 1.16 bits per heavy atom. The lowest BCUT2D eigenvalue weighted by atomic mass is 10.0. The van der Waals surface area contributed by atoms with Crippen molar-refractivity contribution in [1.29, 1.82) is 0 Å². The van der Waals surface area contributed by atoms with E-state index in [1.54, 1.807) is 0 Å². The van der Waals surface area contributed by atoms with E-state index < -0.39 is 0 Å². The fraction of sp³-hybridized carbons (Fsp3) is 0.562. The van der Waals surface area contributed by atoms with Gasteiger partial charge in [0.25, 0.3) is 0 Å². The Morgan fingerprint density at radius 2 is 1.74 bits per heavy atom. The topological polar surface area (TPSA) is 20.3 Å². The molecule has 0 unspecified atom stereocenters. The van der Waals surface area contributed by atoms with Crippen LogP contribution in [0.4, 0.5) is 0 Å². The molecule has 0 aromatic heterocycles.